The minimum Gasteiger partial charge on any atom is -0.496 e. The number of rotatable bonds is 8. The van der Waals surface area contributed by atoms with Gasteiger partial charge in [0.25, 0.3) is 0 Å². The minimum absolute atomic E-state index is 0.0373. The van der Waals surface area contributed by atoms with E-state index in [1.807, 2.05) is 25.1 Å². The van der Waals surface area contributed by atoms with E-state index in [9.17, 15) is 13.2 Å². The van der Waals surface area contributed by atoms with Crippen molar-refractivity contribution >= 4 is 17.9 Å². The lowest BCUT2D eigenvalue weighted by Gasteiger charge is -2.16. The monoisotopic (exact) mass is 439 g/mol. The highest BCUT2D eigenvalue weighted by molar-refractivity contribution is 7.99. The first-order valence-electron chi connectivity index (χ1n) is 8.68. The zero-order valence-corrected chi connectivity index (χ0v) is 17.2. The molecule has 0 N–H and O–H groups in total. The zero-order chi connectivity index (χ0) is 22.6. The van der Waals surface area contributed by atoms with Gasteiger partial charge in [-0.15, -0.1) is 11.8 Å². The van der Waals surface area contributed by atoms with E-state index in [-0.39, 0.29) is 18.7 Å². The number of carbonyl (C=O) groups excluding carboxylic acids is 2. The summed E-state index contributed by atoms with van der Waals surface area (Å²) in [5, 5.41) is 9.01. The maximum Gasteiger partial charge on any atom is 0.416 e. The fourth-order valence-electron chi connectivity index (χ4n) is 2.40. The van der Waals surface area contributed by atoms with Gasteiger partial charge in [0.15, 0.2) is 0 Å². The lowest BCUT2D eigenvalue weighted by Crippen LogP contribution is -2.14. The van der Waals surface area contributed by atoms with Crippen molar-refractivity contribution in [1.82, 2.24) is 0 Å². The second kappa shape index (κ2) is 12.6. The molecule has 0 heterocycles. The molecule has 0 aliphatic heterocycles. The summed E-state index contributed by atoms with van der Waals surface area (Å²) in [7, 11) is 1.62. The third kappa shape index (κ3) is 8.60. The second-order valence-corrected chi connectivity index (χ2v) is 7.18. The van der Waals surface area contributed by atoms with Crippen molar-refractivity contribution in [3.8, 4) is 17.6 Å². The molecular formula is C21H20F3NO4S. The van der Waals surface area contributed by atoms with Crippen LogP contribution in [-0.4, -0.2) is 25.6 Å². The van der Waals surface area contributed by atoms with Crippen LogP contribution in [0, 0.1) is 24.2 Å². The predicted octanol–water partition coefficient (Wildman–Crippen LogP) is 5.14. The Labute approximate surface area is 176 Å². The number of hydrogen-bond acceptors (Lipinski definition) is 6. The Bertz CT molecular complexity index is 873. The Morgan fingerprint density at radius 1 is 1.13 bits per heavy atom. The van der Waals surface area contributed by atoms with E-state index in [1.165, 1.54) is 12.1 Å². The number of thioether (sulfide) groups is 1. The van der Waals surface area contributed by atoms with Crippen LogP contribution in [0.1, 0.15) is 17.5 Å². The van der Waals surface area contributed by atoms with Gasteiger partial charge < -0.3 is 9.47 Å². The zero-order valence-electron chi connectivity index (χ0n) is 16.4. The molecule has 5 nitrogen and oxygen atoms in total. The van der Waals surface area contributed by atoms with Crippen LogP contribution in [0.4, 0.5) is 13.2 Å². The first kappa shape index (κ1) is 25.1. The van der Waals surface area contributed by atoms with Crippen LogP contribution in [0.25, 0.3) is 0 Å². The molecule has 1 unspecified atom stereocenters. The van der Waals surface area contributed by atoms with Crippen LogP contribution in [0.5, 0.6) is 11.5 Å². The highest BCUT2D eigenvalue weighted by Gasteiger charge is 2.30. The smallest absolute Gasteiger partial charge is 0.416 e. The summed E-state index contributed by atoms with van der Waals surface area (Å²) >= 11 is 1.61. The molecule has 0 saturated heterocycles. The van der Waals surface area contributed by atoms with E-state index in [0.29, 0.717) is 17.9 Å². The Kier molecular flexibility index (Phi) is 10.5. The number of hydrogen-bond donors (Lipinski definition) is 0. The normalized spacial score (nSPS) is 11.3. The van der Waals surface area contributed by atoms with E-state index >= 15 is 0 Å². The molecule has 30 heavy (non-hydrogen) atoms. The molecular weight excluding hydrogens is 419 g/mol. The summed E-state index contributed by atoms with van der Waals surface area (Å²) in [4.78, 5) is 17.3. The molecule has 0 aliphatic carbocycles. The molecule has 1 atom stereocenters. The molecule has 0 aliphatic rings. The summed E-state index contributed by atoms with van der Waals surface area (Å²) in [6.45, 7) is 2.23. The van der Waals surface area contributed by atoms with Gasteiger partial charge in [-0.25, -0.2) is 0 Å². The molecule has 0 saturated carbocycles. The largest absolute Gasteiger partial charge is 0.496 e. The van der Waals surface area contributed by atoms with Crippen molar-refractivity contribution in [3.05, 3.63) is 53.6 Å². The number of ether oxygens (including phenoxy) is 2. The molecule has 2 aromatic rings. The Morgan fingerprint density at radius 3 is 2.27 bits per heavy atom. The minimum atomic E-state index is -4.37. The Hall–Kier alpha value is -2.95. The molecule has 2 rings (SSSR count). The average molecular weight is 439 g/mol. The lowest BCUT2D eigenvalue weighted by molar-refractivity contribution is -0.191. The van der Waals surface area contributed by atoms with Gasteiger partial charge in [-0.2, -0.15) is 28.0 Å². The van der Waals surface area contributed by atoms with E-state index in [4.69, 9.17) is 24.3 Å². The molecule has 160 valence electrons. The van der Waals surface area contributed by atoms with Crippen LogP contribution >= 0.6 is 11.8 Å². The average Bonchev–Trinajstić information content (AvgIpc) is 2.70. The van der Waals surface area contributed by atoms with Crippen molar-refractivity contribution in [2.24, 2.45) is 5.92 Å². The summed E-state index contributed by atoms with van der Waals surface area (Å²) in [5.74, 6) is 1.81. The highest BCUT2D eigenvalue weighted by atomic mass is 32.2. The molecule has 0 fully saturated rings. The number of nitriles is 1. The lowest BCUT2D eigenvalue weighted by atomic mass is 10.1. The van der Waals surface area contributed by atoms with Gasteiger partial charge in [0.2, 0.25) is 0 Å². The van der Waals surface area contributed by atoms with E-state index in [1.54, 1.807) is 18.9 Å². The second-order valence-electron chi connectivity index (χ2n) is 6.09. The number of aryl methyl sites for hydroxylation is 1. The van der Waals surface area contributed by atoms with Gasteiger partial charge in [-0.1, -0.05) is 0 Å². The number of benzene rings is 2. The molecule has 0 amide bonds. The van der Waals surface area contributed by atoms with Crippen LogP contribution in [-0.2, 0) is 15.8 Å². The van der Waals surface area contributed by atoms with Gasteiger partial charge in [0.05, 0.1) is 25.3 Å². The number of methoxy groups -OCH3 is 1. The van der Waals surface area contributed by atoms with Crippen molar-refractivity contribution in [2.45, 2.75) is 24.4 Å². The summed E-state index contributed by atoms with van der Waals surface area (Å²) in [5.41, 5.74) is 0.314. The van der Waals surface area contributed by atoms with E-state index in [2.05, 4.69) is 6.07 Å². The molecule has 0 aromatic heterocycles. The highest BCUT2D eigenvalue weighted by Crippen LogP contribution is 2.31. The van der Waals surface area contributed by atoms with Crippen molar-refractivity contribution in [1.29, 1.82) is 5.26 Å². The number of alkyl halides is 3. The van der Waals surface area contributed by atoms with Crippen LogP contribution in [0.15, 0.2) is 47.4 Å². The van der Waals surface area contributed by atoms with Crippen LogP contribution in [0.3, 0.4) is 0 Å². The van der Waals surface area contributed by atoms with Crippen molar-refractivity contribution < 1.29 is 32.2 Å². The molecule has 0 spiro atoms. The van der Waals surface area contributed by atoms with Gasteiger partial charge in [0.1, 0.15) is 11.5 Å². The van der Waals surface area contributed by atoms with Crippen molar-refractivity contribution in [2.75, 3.05) is 19.5 Å². The van der Waals surface area contributed by atoms with Crippen molar-refractivity contribution in [3.63, 3.8) is 0 Å². The third-order valence-corrected chi connectivity index (χ3v) is 5.12. The topological polar surface area (TPSA) is 76.4 Å². The summed E-state index contributed by atoms with van der Waals surface area (Å²) < 4.78 is 48.6. The van der Waals surface area contributed by atoms with Gasteiger partial charge in [-0.05, 0) is 55.0 Å². The first-order chi connectivity index (χ1) is 14.2. The molecule has 0 bridgehead atoms. The fourth-order valence-corrected chi connectivity index (χ4v) is 3.47. The van der Waals surface area contributed by atoms with Gasteiger partial charge in [-0.3, -0.25) is 0 Å². The number of halogens is 3. The predicted molar refractivity (Wildman–Crippen MR) is 104 cm³/mol. The van der Waals surface area contributed by atoms with Crippen LogP contribution < -0.4 is 9.47 Å². The summed E-state index contributed by atoms with van der Waals surface area (Å²) in [6, 6.07) is 12.6. The molecule has 0 radical (unpaired) electrons. The Morgan fingerprint density at radius 2 is 1.77 bits per heavy atom. The third-order valence-electron chi connectivity index (χ3n) is 3.90. The maximum absolute atomic E-state index is 12.6. The molecule has 9 heteroatoms. The van der Waals surface area contributed by atoms with Gasteiger partial charge >= 0.3 is 12.3 Å². The van der Waals surface area contributed by atoms with E-state index < -0.39 is 11.7 Å². The fraction of sp³-hybridized carbons (Fsp3) is 0.333. The quantitative estimate of drug-likeness (QED) is 0.530. The first-order valence-corrected chi connectivity index (χ1v) is 9.67. The number of nitrogens with zero attached hydrogens (tertiary/aromatic N) is 1. The summed E-state index contributed by atoms with van der Waals surface area (Å²) in [6.07, 6.45) is -3.81. The maximum atomic E-state index is 12.6. The standard InChI is InChI=1S/C20H20F3NO2S.CO2/c1-14-11-18(7-8-19(14)25-2)27-13-15(9-10-24)12-26-17-5-3-16(4-6-17)20(21,22)23;2-1-3/h3-8,11,15H,9,12-13H2,1-2H3;. The van der Waals surface area contributed by atoms with E-state index in [0.717, 1.165) is 28.3 Å². The van der Waals surface area contributed by atoms with Gasteiger partial charge in [0, 0.05) is 23.0 Å². The SMILES string of the molecule is COc1ccc(SCC(CC#N)COc2ccc(C(F)(F)F)cc2)cc1C.O=C=O. The van der Waals surface area contributed by atoms with Crippen LogP contribution in [0.2, 0.25) is 0 Å². The Balaban J connectivity index is 0.00000141. The molecule has 2 aromatic carbocycles.